The van der Waals surface area contributed by atoms with E-state index in [4.69, 9.17) is 9.84 Å². The van der Waals surface area contributed by atoms with Crippen molar-refractivity contribution in [2.45, 2.75) is 25.1 Å². The Morgan fingerprint density at radius 1 is 1.29 bits per heavy atom. The van der Waals surface area contributed by atoms with Gasteiger partial charge in [-0.1, -0.05) is 0 Å². The zero-order valence-corrected chi connectivity index (χ0v) is 11.5. The number of nitrogens with zero attached hydrogens (tertiary/aromatic N) is 2. The number of carboxylic acid groups (broad SMARTS) is 1. The lowest BCUT2D eigenvalue weighted by molar-refractivity contribution is -0.227. The molecule has 2 aliphatic rings. The highest BCUT2D eigenvalue weighted by Gasteiger charge is 2.64. The third-order valence-corrected chi connectivity index (χ3v) is 4.24. The average molecular weight is 310 g/mol. The van der Waals surface area contributed by atoms with Gasteiger partial charge in [0.2, 0.25) is 0 Å². The van der Waals surface area contributed by atoms with Crippen molar-refractivity contribution in [3.63, 3.8) is 0 Å². The molecule has 6 nitrogen and oxygen atoms in total. The van der Waals surface area contributed by atoms with Crippen LogP contribution in [0.4, 0.5) is 18.0 Å². The molecule has 2 atom stereocenters. The average Bonchev–Trinajstić information content (AvgIpc) is 3.04. The number of hydrogen-bond acceptors (Lipinski definition) is 3. The van der Waals surface area contributed by atoms with Gasteiger partial charge in [-0.15, -0.1) is 0 Å². The van der Waals surface area contributed by atoms with E-state index < -0.39 is 36.6 Å². The van der Waals surface area contributed by atoms with Crippen LogP contribution in [-0.4, -0.2) is 72.5 Å². The fourth-order valence-corrected chi connectivity index (χ4v) is 2.79. The first kappa shape index (κ1) is 15.9. The first-order chi connectivity index (χ1) is 9.71. The van der Waals surface area contributed by atoms with Crippen LogP contribution in [-0.2, 0) is 9.53 Å². The molecule has 2 heterocycles. The van der Waals surface area contributed by atoms with E-state index in [2.05, 4.69) is 0 Å². The summed E-state index contributed by atoms with van der Waals surface area (Å²) in [6.07, 6.45) is -4.99. The van der Waals surface area contributed by atoms with Crippen LogP contribution in [0.2, 0.25) is 0 Å². The van der Waals surface area contributed by atoms with Crippen molar-refractivity contribution in [1.29, 1.82) is 0 Å². The summed E-state index contributed by atoms with van der Waals surface area (Å²) >= 11 is 0. The second kappa shape index (κ2) is 5.36. The Kier molecular flexibility index (Phi) is 4.05. The lowest BCUT2D eigenvalue weighted by atomic mass is 9.86. The molecule has 9 heteroatoms. The smallest absolute Gasteiger partial charge is 0.406 e. The largest absolute Gasteiger partial charge is 0.481 e. The van der Waals surface area contributed by atoms with Crippen LogP contribution in [0.15, 0.2) is 0 Å². The highest BCUT2D eigenvalue weighted by atomic mass is 19.4. The standard InChI is InChI=1S/C12H17F3N2O4/c1-21-8-2-4-16(6-8)10(20)17-5-3-11(7-17,9(18)19)12(13,14)15/h8H,2-7H2,1H3,(H,18,19)/t8-,11?/m0/s1. The SMILES string of the molecule is CO[C@H]1CCN(C(=O)N2CCC(C(=O)O)(C(F)(F)F)C2)C1. The first-order valence-corrected chi connectivity index (χ1v) is 6.58. The Bertz CT molecular complexity index is 443. The molecule has 2 fully saturated rings. The second-order valence-corrected chi connectivity index (χ2v) is 5.43. The molecule has 2 saturated heterocycles. The Morgan fingerprint density at radius 3 is 2.38 bits per heavy atom. The highest BCUT2D eigenvalue weighted by molar-refractivity contribution is 5.80. The van der Waals surface area contributed by atoms with Crippen LogP contribution in [0.5, 0.6) is 0 Å². The number of methoxy groups -OCH3 is 1. The summed E-state index contributed by atoms with van der Waals surface area (Å²) in [5.74, 6) is -1.93. The predicted octanol–water partition coefficient (Wildman–Crippen LogP) is 1.17. The van der Waals surface area contributed by atoms with E-state index in [1.807, 2.05) is 0 Å². The first-order valence-electron chi connectivity index (χ1n) is 6.58. The van der Waals surface area contributed by atoms with Crippen LogP contribution in [0.1, 0.15) is 12.8 Å². The molecule has 0 aliphatic carbocycles. The minimum atomic E-state index is -4.88. The molecule has 120 valence electrons. The van der Waals surface area contributed by atoms with E-state index in [1.54, 1.807) is 0 Å². The molecule has 2 rings (SSSR count). The molecular formula is C12H17F3N2O4. The molecule has 0 aromatic carbocycles. The van der Waals surface area contributed by atoms with Crippen molar-refractivity contribution in [2.75, 3.05) is 33.3 Å². The van der Waals surface area contributed by atoms with Gasteiger partial charge in [-0.25, -0.2) is 4.79 Å². The maximum atomic E-state index is 13.0. The summed E-state index contributed by atoms with van der Waals surface area (Å²) in [6.45, 7) is -0.324. The maximum Gasteiger partial charge on any atom is 0.406 e. The van der Waals surface area contributed by atoms with Crippen LogP contribution < -0.4 is 0 Å². The number of alkyl halides is 3. The van der Waals surface area contributed by atoms with E-state index in [-0.39, 0.29) is 12.6 Å². The lowest BCUT2D eigenvalue weighted by Crippen LogP contribution is -2.49. The van der Waals surface area contributed by atoms with E-state index in [0.29, 0.717) is 19.5 Å². The maximum absolute atomic E-state index is 13.0. The molecule has 0 spiro atoms. The molecule has 0 saturated carbocycles. The predicted molar refractivity (Wildman–Crippen MR) is 64.7 cm³/mol. The van der Waals surface area contributed by atoms with Gasteiger partial charge in [0.25, 0.3) is 0 Å². The van der Waals surface area contributed by atoms with Crippen LogP contribution >= 0.6 is 0 Å². The molecule has 0 aromatic rings. The number of carbonyl (C=O) groups is 2. The Labute approximate surface area is 119 Å². The number of rotatable bonds is 2. The molecule has 0 radical (unpaired) electrons. The Balaban J connectivity index is 2.08. The Hall–Kier alpha value is -1.51. The topological polar surface area (TPSA) is 70.1 Å². The molecule has 2 amide bonds. The van der Waals surface area contributed by atoms with E-state index in [1.165, 1.54) is 12.0 Å². The van der Waals surface area contributed by atoms with Crippen molar-refractivity contribution in [1.82, 2.24) is 9.80 Å². The van der Waals surface area contributed by atoms with Gasteiger partial charge in [-0.05, 0) is 12.8 Å². The zero-order valence-electron chi connectivity index (χ0n) is 11.5. The second-order valence-electron chi connectivity index (χ2n) is 5.43. The molecular weight excluding hydrogens is 293 g/mol. The quantitative estimate of drug-likeness (QED) is 0.831. The molecule has 0 aromatic heterocycles. The summed E-state index contributed by atoms with van der Waals surface area (Å²) in [6, 6.07) is -0.554. The van der Waals surface area contributed by atoms with Crippen molar-refractivity contribution < 1.29 is 32.6 Å². The van der Waals surface area contributed by atoms with Gasteiger partial charge in [0.1, 0.15) is 0 Å². The fourth-order valence-electron chi connectivity index (χ4n) is 2.79. The number of carboxylic acids is 1. The van der Waals surface area contributed by atoms with E-state index >= 15 is 0 Å². The minimum Gasteiger partial charge on any atom is -0.481 e. The van der Waals surface area contributed by atoms with Gasteiger partial charge in [0.15, 0.2) is 5.41 Å². The summed E-state index contributed by atoms with van der Waals surface area (Å²) in [5.41, 5.74) is -2.86. The van der Waals surface area contributed by atoms with Crippen molar-refractivity contribution in [3.8, 4) is 0 Å². The summed E-state index contributed by atoms with van der Waals surface area (Å²) in [7, 11) is 1.51. The summed E-state index contributed by atoms with van der Waals surface area (Å²) in [5, 5.41) is 8.95. The van der Waals surface area contributed by atoms with Gasteiger partial charge in [-0.2, -0.15) is 13.2 Å². The number of amides is 2. The number of likely N-dealkylation sites (tertiary alicyclic amines) is 2. The van der Waals surface area contributed by atoms with Gasteiger partial charge >= 0.3 is 18.2 Å². The van der Waals surface area contributed by atoms with Crippen LogP contribution in [0.3, 0.4) is 0 Å². The molecule has 1 N–H and O–H groups in total. The number of hydrogen-bond donors (Lipinski definition) is 1. The van der Waals surface area contributed by atoms with Gasteiger partial charge in [0, 0.05) is 33.3 Å². The molecule has 21 heavy (non-hydrogen) atoms. The van der Waals surface area contributed by atoms with Crippen molar-refractivity contribution in [3.05, 3.63) is 0 Å². The molecule has 0 bridgehead atoms. The number of halogens is 3. The normalized spacial score (nSPS) is 30.0. The third-order valence-electron chi connectivity index (χ3n) is 4.24. The summed E-state index contributed by atoms with van der Waals surface area (Å²) in [4.78, 5) is 25.6. The van der Waals surface area contributed by atoms with Gasteiger partial charge in [0.05, 0.1) is 6.10 Å². The van der Waals surface area contributed by atoms with Gasteiger partial charge in [-0.3, -0.25) is 4.79 Å². The van der Waals surface area contributed by atoms with E-state index in [9.17, 15) is 22.8 Å². The summed E-state index contributed by atoms with van der Waals surface area (Å²) < 4.78 is 44.2. The van der Waals surface area contributed by atoms with E-state index in [0.717, 1.165) is 4.90 Å². The number of urea groups is 1. The zero-order chi connectivity index (χ0) is 15.8. The van der Waals surface area contributed by atoms with Crippen molar-refractivity contribution in [2.24, 2.45) is 5.41 Å². The number of aliphatic carboxylic acids is 1. The van der Waals surface area contributed by atoms with Crippen LogP contribution in [0, 0.1) is 5.41 Å². The van der Waals surface area contributed by atoms with Gasteiger partial charge < -0.3 is 19.6 Å². The fraction of sp³-hybridized carbons (Fsp3) is 0.833. The Morgan fingerprint density at radius 2 is 1.95 bits per heavy atom. The number of ether oxygens (including phenoxy) is 1. The highest BCUT2D eigenvalue weighted by Crippen LogP contribution is 2.46. The molecule has 2 aliphatic heterocycles. The lowest BCUT2D eigenvalue weighted by Gasteiger charge is -2.28. The molecule has 1 unspecified atom stereocenters. The third kappa shape index (κ3) is 2.66. The monoisotopic (exact) mass is 310 g/mol. The van der Waals surface area contributed by atoms with Crippen molar-refractivity contribution >= 4 is 12.0 Å². The van der Waals surface area contributed by atoms with Crippen LogP contribution in [0.25, 0.3) is 0 Å². The minimum absolute atomic E-state index is 0.122. The number of carbonyl (C=O) groups excluding carboxylic acids is 1.